The molecule has 0 unspecified atom stereocenters. The van der Waals surface area contributed by atoms with Gasteiger partial charge in [-0.05, 0) is 66.1 Å². The van der Waals surface area contributed by atoms with E-state index in [2.05, 4.69) is 5.32 Å². The van der Waals surface area contributed by atoms with Gasteiger partial charge >= 0.3 is 0 Å². The number of carboxylic acids is 1. The maximum Gasteiger partial charge on any atom is 0.300 e. The third kappa shape index (κ3) is 10.1. The summed E-state index contributed by atoms with van der Waals surface area (Å²) in [5.74, 6) is 0.0470. The first-order chi connectivity index (χ1) is 19.7. The Morgan fingerprint density at radius 3 is 2.61 bits per heavy atom. The molecule has 0 saturated carbocycles. The van der Waals surface area contributed by atoms with Crippen molar-refractivity contribution in [1.29, 1.82) is 0 Å². The van der Waals surface area contributed by atoms with E-state index in [9.17, 15) is 20.1 Å². The number of ether oxygens (including phenoxy) is 3. The molecule has 0 bridgehead atoms. The summed E-state index contributed by atoms with van der Waals surface area (Å²) in [6, 6.07) is 17.5. The summed E-state index contributed by atoms with van der Waals surface area (Å²) in [5, 5.41) is 40.0. The summed E-state index contributed by atoms with van der Waals surface area (Å²) in [6.45, 7) is 2.81. The molecule has 0 fully saturated rings. The van der Waals surface area contributed by atoms with Crippen molar-refractivity contribution >= 4 is 11.9 Å². The monoisotopic (exact) mass is 568 g/mol. The van der Waals surface area contributed by atoms with Crippen molar-refractivity contribution in [3.63, 3.8) is 0 Å². The number of aliphatic hydroxyl groups is 2. The Balaban J connectivity index is 0.00000108. The summed E-state index contributed by atoms with van der Waals surface area (Å²) in [6.07, 6.45) is -0.298. The van der Waals surface area contributed by atoms with E-state index in [1.807, 2.05) is 24.3 Å². The highest BCUT2D eigenvalue weighted by atomic mass is 16.6. The van der Waals surface area contributed by atoms with Gasteiger partial charge in [-0.2, -0.15) is 0 Å². The number of carbonyl (C=O) groups excluding carboxylic acids is 1. The second-order valence-corrected chi connectivity index (χ2v) is 9.45. The fourth-order valence-electron chi connectivity index (χ4n) is 4.05. The van der Waals surface area contributed by atoms with Gasteiger partial charge in [-0.25, -0.2) is 0 Å². The van der Waals surface area contributed by atoms with E-state index in [1.54, 1.807) is 30.3 Å². The molecule has 4 rings (SSSR count). The first kappa shape index (κ1) is 31.4. The number of benzene rings is 3. The molecule has 1 amide bonds. The summed E-state index contributed by atoms with van der Waals surface area (Å²) >= 11 is 0. The molecule has 0 saturated heterocycles. The van der Waals surface area contributed by atoms with Gasteiger partial charge in [-0.3, -0.25) is 9.59 Å². The number of nitrogens with one attached hydrogen (secondary N) is 1. The van der Waals surface area contributed by atoms with Crippen LogP contribution in [0.3, 0.4) is 0 Å². The first-order valence-electron chi connectivity index (χ1n) is 13.1. The van der Waals surface area contributed by atoms with Crippen molar-refractivity contribution in [3.05, 3.63) is 88.5 Å². The van der Waals surface area contributed by atoms with E-state index >= 15 is 0 Å². The molecule has 1 heterocycles. The normalized spacial score (nSPS) is 14.5. The number of primary amides is 1. The molecule has 11 heteroatoms. The van der Waals surface area contributed by atoms with Crippen molar-refractivity contribution in [2.45, 2.75) is 38.8 Å². The van der Waals surface area contributed by atoms with Crippen LogP contribution in [0.4, 0.5) is 0 Å². The maximum atomic E-state index is 11.3. The molecule has 11 nitrogen and oxygen atoms in total. The number of hydrogen-bond donors (Lipinski definition) is 6. The van der Waals surface area contributed by atoms with Gasteiger partial charge in [0.15, 0.2) is 17.6 Å². The number of aliphatic hydroxyl groups excluding tert-OH is 2. The molecule has 220 valence electrons. The fourth-order valence-corrected chi connectivity index (χ4v) is 4.05. The van der Waals surface area contributed by atoms with Crippen LogP contribution in [0.25, 0.3) is 0 Å². The van der Waals surface area contributed by atoms with Gasteiger partial charge in [-0.15, -0.1) is 0 Å². The van der Waals surface area contributed by atoms with E-state index in [0.29, 0.717) is 61.1 Å². The molecule has 2 atom stereocenters. The van der Waals surface area contributed by atoms with Gasteiger partial charge < -0.3 is 45.7 Å². The summed E-state index contributed by atoms with van der Waals surface area (Å²) in [4.78, 5) is 20.3. The zero-order valence-corrected chi connectivity index (χ0v) is 22.8. The average Bonchev–Trinajstić information content (AvgIpc) is 2.95. The SMILES string of the molecule is CC(=O)O.NC(=O)c1cccc(COC[C@@H]2COc3ccc(CCNC[C@H](O)c4ccc(O)c(CO)c4)cc3O2)c1. The molecule has 1 aliphatic rings. The van der Waals surface area contributed by atoms with Crippen molar-refractivity contribution in [2.24, 2.45) is 5.73 Å². The van der Waals surface area contributed by atoms with E-state index in [-0.39, 0.29) is 18.5 Å². The minimum Gasteiger partial charge on any atom is -0.508 e. The van der Waals surface area contributed by atoms with Crippen LogP contribution >= 0.6 is 0 Å². The van der Waals surface area contributed by atoms with Crippen molar-refractivity contribution < 1.29 is 44.2 Å². The Morgan fingerprint density at radius 1 is 1.10 bits per heavy atom. The fraction of sp³-hybridized carbons (Fsp3) is 0.333. The minimum absolute atomic E-state index is 0.00815. The molecule has 41 heavy (non-hydrogen) atoms. The number of amides is 1. The highest BCUT2D eigenvalue weighted by Crippen LogP contribution is 2.33. The Bertz CT molecular complexity index is 1310. The quantitative estimate of drug-likeness (QED) is 0.177. The van der Waals surface area contributed by atoms with E-state index < -0.39 is 18.0 Å². The third-order valence-electron chi connectivity index (χ3n) is 6.10. The standard InChI is InChI=1S/C28H32N2O7.C2H4O2/c29-28(34)21-3-1-2-19(10-21)15-35-16-23-17-36-26-7-4-18(11-27(26)37-23)8-9-30-13-25(33)20-5-6-24(32)22(12-20)14-31;1-2(3)4/h1-7,10-12,23,25,30-33H,8-9,13-17H2,(H2,29,34);1H3,(H,3,4)/t23-,25+;/m1./s1. The van der Waals surface area contributed by atoms with Crippen LogP contribution in [0.5, 0.6) is 17.2 Å². The second-order valence-electron chi connectivity index (χ2n) is 9.45. The number of carboxylic acid groups (broad SMARTS) is 1. The number of aromatic hydroxyl groups is 1. The van der Waals surface area contributed by atoms with E-state index in [4.69, 9.17) is 29.8 Å². The number of hydrogen-bond acceptors (Lipinski definition) is 9. The highest BCUT2D eigenvalue weighted by molar-refractivity contribution is 5.92. The molecule has 3 aromatic rings. The number of rotatable bonds is 12. The lowest BCUT2D eigenvalue weighted by Gasteiger charge is -2.27. The Labute approximate surface area is 238 Å². The van der Waals surface area contributed by atoms with Crippen LogP contribution in [0.15, 0.2) is 60.7 Å². The van der Waals surface area contributed by atoms with Gasteiger partial charge in [0, 0.05) is 24.6 Å². The van der Waals surface area contributed by atoms with Crippen molar-refractivity contribution in [1.82, 2.24) is 5.32 Å². The molecule has 0 aliphatic carbocycles. The number of aliphatic carboxylic acids is 1. The minimum atomic E-state index is -0.833. The average molecular weight is 569 g/mol. The Morgan fingerprint density at radius 2 is 1.88 bits per heavy atom. The van der Waals surface area contributed by atoms with Crippen LogP contribution in [0.1, 0.15) is 45.6 Å². The number of phenols is 1. The first-order valence-corrected chi connectivity index (χ1v) is 13.1. The molecular formula is C30H36N2O9. The van der Waals surface area contributed by atoms with E-state index in [0.717, 1.165) is 24.5 Å². The third-order valence-corrected chi connectivity index (χ3v) is 6.10. The Hall–Kier alpha value is -4.16. The lowest BCUT2D eigenvalue weighted by Crippen LogP contribution is -2.33. The predicted molar refractivity (Wildman–Crippen MR) is 150 cm³/mol. The van der Waals surface area contributed by atoms with Gasteiger partial charge in [0.05, 0.1) is 25.9 Å². The number of fused-ring (bicyclic) bond motifs is 1. The number of carbonyl (C=O) groups is 2. The van der Waals surface area contributed by atoms with Gasteiger partial charge in [0.25, 0.3) is 5.97 Å². The van der Waals surface area contributed by atoms with Crippen LogP contribution in [0.2, 0.25) is 0 Å². The lowest BCUT2D eigenvalue weighted by molar-refractivity contribution is -0.134. The molecule has 0 aromatic heterocycles. The molecule has 1 aliphatic heterocycles. The van der Waals surface area contributed by atoms with Gasteiger partial charge in [0.1, 0.15) is 12.4 Å². The molecule has 0 spiro atoms. The van der Waals surface area contributed by atoms with E-state index in [1.165, 1.54) is 6.07 Å². The van der Waals surface area contributed by atoms with Crippen LogP contribution < -0.4 is 20.5 Å². The summed E-state index contributed by atoms with van der Waals surface area (Å²) < 4.78 is 17.7. The smallest absolute Gasteiger partial charge is 0.300 e. The van der Waals surface area contributed by atoms with Gasteiger partial charge in [0.2, 0.25) is 5.91 Å². The topological polar surface area (TPSA) is 181 Å². The van der Waals surface area contributed by atoms with Gasteiger partial charge in [-0.1, -0.05) is 24.3 Å². The molecule has 0 radical (unpaired) electrons. The Kier molecular flexibility index (Phi) is 11.9. The number of nitrogens with two attached hydrogens (primary N) is 1. The van der Waals surface area contributed by atoms with Crippen LogP contribution in [0, 0.1) is 0 Å². The van der Waals surface area contributed by atoms with Crippen LogP contribution in [-0.4, -0.2) is 64.7 Å². The molecule has 7 N–H and O–H groups in total. The lowest BCUT2D eigenvalue weighted by atomic mass is 10.1. The molecule has 3 aromatic carbocycles. The largest absolute Gasteiger partial charge is 0.508 e. The maximum absolute atomic E-state index is 11.3. The molecular weight excluding hydrogens is 532 g/mol. The zero-order valence-electron chi connectivity index (χ0n) is 22.8. The van der Waals surface area contributed by atoms with Crippen molar-refractivity contribution in [2.75, 3.05) is 26.3 Å². The predicted octanol–water partition coefficient (Wildman–Crippen LogP) is 2.30. The van der Waals surface area contributed by atoms with Crippen molar-refractivity contribution in [3.8, 4) is 17.2 Å². The summed E-state index contributed by atoms with van der Waals surface area (Å²) in [5.41, 5.74) is 8.69. The zero-order chi connectivity index (χ0) is 29.8. The second kappa shape index (κ2) is 15.6. The highest BCUT2D eigenvalue weighted by Gasteiger charge is 2.21. The van der Waals surface area contributed by atoms with Crippen LogP contribution in [-0.2, 0) is 29.2 Å². The summed E-state index contributed by atoms with van der Waals surface area (Å²) in [7, 11) is 0.